The highest BCUT2D eigenvalue weighted by atomic mass is 19.1. The monoisotopic (exact) mass is 429 g/mol. The number of hydrogen-bond donors (Lipinski definition) is 1. The van der Waals surface area contributed by atoms with Crippen LogP contribution in [0.1, 0.15) is 47.3 Å². The summed E-state index contributed by atoms with van der Waals surface area (Å²) in [5.41, 5.74) is 2.70. The topological polar surface area (TPSA) is 57.6 Å². The van der Waals surface area contributed by atoms with E-state index in [0.717, 1.165) is 22.4 Å². The molecule has 1 saturated carbocycles. The van der Waals surface area contributed by atoms with Crippen LogP contribution in [0.5, 0.6) is 0 Å². The Morgan fingerprint density at radius 3 is 2.47 bits per heavy atom. The molecule has 5 heteroatoms. The smallest absolute Gasteiger partial charge is 0.335 e. The third kappa shape index (κ3) is 2.67. The number of amides is 1. The molecule has 3 aromatic carbocycles. The lowest BCUT2D eigenvalue weighted by Crippen LogP contribution is -2.38. The normalized spacial score (nSPS) is 23.6. The number of carboxylic acid groups (broad SMARTS) is 1. The number of para-hydroxylation sites is 1. The standard InChI is InChI=1S/C27H24FNO3/c1-17(2)26(20-10-12-21(28)13-11-20)16-27(26)22-8-3-4-9-23(22)29(25(27)32)15-18-6-5-7-19(14-18)24(30)31/h3-14,17H,15-16H2,1-2H3,(H,30,31)/t26-,27-/m0/s1. The van der Waals surface area contributed by atoms with E-state index in [1.165, 1.54) is 12.1 Å². The molecule has 2 atom stereocenters. The first-order valence-electron chi connectivity index (χ1n) is 10.8. The van der Waals surface area contributed by atoms with Crippen molar-refractivity contribution in [2.45, 2.75) is 37.6 Å². The lowest BCUT2D eigenvalue weighted by molar-refractivity contribution is -0.121. The second-order valence-electron chi connectivity index (χ2n) is 9.13. The zero-order valence-corrected chi connectivity index (χ0v) is 18.0. The maximum absolute atomic E-state index is 14.1. The van der Waals surface area contributed by atoms with Crippen LogP contribution in [0.3, 0.4) is 0 Å². The van der Waals surface area contributed by atoms with Gasteiger partial charge in [-0.3, -0.25) is 4.79 Å². The molecule has 0 saturated heterocycles. The molecular weight excluding hydrogens is 405 g/mol. The van der Waals surface area contributed by atoms with Gasteiger partial charge in [0.1, 0.15) is 5.82 Å². The van der Waals surface area contributed by atoms with Crippen molar-refractivity contribution in [2.75, 3.05) is 4.90 Å². The number of carbonyl (C=O) groups is 2. The Morgan fingerprint density at radius 2 is 1.78 bits per heavy atom. The van der Waals surface area contributed by atoms with Crippen molar-refractivity contribution >= 4 is 17.6 Å². The van der Waals surface area contributed by atoms with E-state index in [2.05, 4.69) is 13.8 Å². The minimum absolute atomic E-state index is 0.0254. The third-order valence-electron chi connectivity index (χ3n) is 7.31. The fourth-order valence-corrected chi connectivity index (χ4v) is 5.77. The molecule has 5 rings (SSSR count). The van der Waals surface area contributed by atoms with Crippen LogP contribution in [0.25, 0.3) is 0 Å². The number of hydrogen-bond acceptors (Lipinski definition) is 2. The predicted molar refractivity (Wildman–Crippen MR) is 120 cm³/mol. The molecule has 32 heavy (non-hydrogen) atoms. The van der Waals surface area contributed by atoms with Gasteiger partial charge in [-0.15, -0.1) is 0 Å². The van der Waals surface area contributed by atoms with E-state index in [0.29, 0.717) is 13.0 Å². The average molecular weight is 429 g/mol. The Kier molecular flexibility index (Phi) is 4.48. The predicted octanol–water partition coefficient (Wildman–Crippen LogP) is 5.31. The molecule has 0 unspecified atom stereocenters. The van der Waals surface area contributed by atoms with E-state index in [9.17, 15) is 19.1 Å². The molecule has 0 bridgehead atoms. The van der Waals surface area contributed by atoms with Crippen LogP contribution in [0.15, 0.2) is 72.8 Å². The van der Waals surface area contributed by atoms with E-state index in [4.69, 9.17) is 0 Å². The first-order chi connectivity index (χ1) is 15.3. The summed E-state index contributed by atoms with van der Waals surface area (Å²) < 4.78 is 13.7. The molecule has 0 radical (unpaired) electrons. The number of halogens is 1. The van der Waals surface area contributed by atoms with Crippen molar-refractivity contribution in [3.05, 3.63) is 101 Å². The van der Waals surface area contributed by atoms with Gasteiger partial charge in [0.25, 0.3) is 0 Å². The van der Waals surface area contributed by atoms with Gasteiger partial charge in [-0.05, 0) is 59.4 Å². The molecule has 1 aliphatic carbocycles. The minimum atomic E-state index is -0.992. The zero-order valence-electron chi connectivity index (χ0n) is 18.0. The first-order valence-corrected chi connectivity index (χ1v) is 10.8. The lowest BCUT2D eigenvalue weighted by Gasteiger charge is -2.27. The largest absolute Gasteiger partial charge is 0.478 e. The second kappa shape index (κ2) is 7.02. The van der Waals surface area contributed by atoms with E-state index in [-0.39, 0.29) is 23.2 Å². The molecular formula is C27H24FNO3. The van der Waals surface area contributed by atoms with Crippen molar-refractivity contribution in [3.8, 4) is 0 Å². The van der Waals surface area contributed by atoms with E-state index in [1.54, 1.807) is 35.2 Å². The second-order valence-corrected chi connectivity index (χ2v) is 9.13. The van der Waals surface area contributed by atoms with Crippen LogP contribution < -0.4 is 4.90 Å². The maximum atomic E-state index is 14.1. The quantitative estimate of drug-likeness (QED) is 0.598. The lowest BCUT2D eigenvalue weighted by atomic mass is 9.75. The van der Waals surface area contributed by atoms with Crippen molar-refractivity contribution in [3.63, 3.8) is 0 Å². The third-order valence-corrected chi connectivity index (χ3v) is 7.31. The number of carbonyl (C=O) groups excluding carboxylic acids is 1. The van der Waals surface area contributed by atoms with Crippen LogP contribution in [0.2, 0.25) is 0 Å². The molecule has 1 fully saturated rings. The van der Waals surface area contributed by atoms with Gasteiger partial charge < -0.3 is 10.0 Å². The van der Waals surface area contributed by atoms with Crippen LogP contribution in [-0.2, 0) is 22.2 Å². The number of carboxylic acids is 1. The Labute approximate surface area is 186 Å². The van der Waals surface area contributed by atoms with Gasteiger partial charge in [0, 0.05) is 11.1 Å². The molecule has 1 spiro atoms. The van der Waals surface area contributed by atoms with Crippen molar-refractivity contribution < 1.29 is 19.1 Å². The molecule has 1 amide bonds. The maximum Gasteiger partial charge on any atom is 0.335 e. The summed E-state index contributed by atoms with van der Waals surface area (Å²) in [6.07, 6.45) is 0.671. The Balaban J connectivity index is 1.60. The zero-order chi connectivity index (χ0) is 22.7. The van der Waals surface area contributed by atoms with Gasteiger partial charge in [-0.1, -0.05) is 56.3 Å². The van der Waals surface area contributed by atoms with E-state index >= 15 is 0 Å². The number of rotatable bonds is 5. The summed E-state index contributed by atoms with van der Waals surface area (Å²) in [4.78, 5) is 27.2. The molecule has 1 aliphatic heterocycles. The Bertz CT molecular complexity index is 1240. The number of anilines is 1. The molecule has 2 aliphatic rings. The van der Waals surface area contributed by atoms with Crippen molar-refractivity contribution in [1.82, 2.24) is 0 Å². The summed E-state index contributed by atoms with van der Waals surface area (Å²) in [7, 11) is 0. The summed E-state index contributed by atoms with van der Waals surface area (Å²) >= 11 is 0. The molecule has 162 valence electrons. The van der Waals surface area contributed by atoms with Gasteiger partial charge in [0.2, 0.25) is 5.91 Å². The van der Waals surface area contributed by atoms with Crippen LogP contribution in [-0.4, -0.2) is 17.0 Å². The Hall–Kier alpha value is -3.47. The van der Waals surface area contributed by atoms with Crippen molar-refractivity contribution in [1.29, 1.82) is 0 Å². The highest BCUT2D eigenvalue weighted by molar-refractivity contribution is 6.12. The van der Waals surface area contributed by atoms with Gasteiger partial charge >= 0.3 is 5.97 Å². The molecule has 1 heterocycles. The number of fused-ring (bicyclic) bond motifs is 2. The van der Waals surface area contributed by atoms with E-state index < -0.39 is 16.8 Å². The van der Waals surface area contributed by atoms with E-state index in [1.807, 2.05) is 30.3 Å². The molecule has 3 aromatic rings. The highest BCUT2D eigenvalue weighted by Gasteiger charge is 2.77. The molecule has 4 nitrogen and oxygen atoms in total. The van der Waals surface area contributed by atoms with Crippen molar-refractivity contribution in [2.24, 2.45) is 5.92 Å². The number of nitrogens with zero attached hydrogens (tertiary/aromatic N) is 1. The molecule has 1 N–H and O–H groups in total. The Morgan fingerprint density at radius 1 is 1.06 bits per heavy atom. The van der Waals surface area contributed by atoms with Gasteiger partial charge in [0.15, 0.2) is 0 Å². The number of aromatic carboxylic acids is 1. The van der Waals surface area contributed by atoms with Gasteiger partial charge in [0.05, 0.1) is 17.5 Å². The molecule has 0 aromatic heterocycles. The number of benzene rings is 3. The van der Waals surface area contributed by atoms with Gasteiger partial charge in [-0.2, -0.15) is 0 Å². The van der Waals surface area contributed by atoms with Gasteiger partial charge in [-0.25, -0.2) is 9.18 Å². The van der Waals surface area contributed by atoms with Crippen LogP contribution in [0.4, 0.5) is 10.1 Å². The summed E-state index contributed by atoms with van der Waals surface area (Å²) in [6.45, 7) is 4.54. The summed E-state index contributed by atoms with van der Waals surface area (Å²) in [5.74, 6) is -1.09. The summed E-state index contributed by atoms with van der Waals surface area (Å²) in [5, 5.41) is 9.34. The summed E-state index contributed by atoms with van der Waals surface area (Å²) in [6, 6.07) is 21.1. The average Bonchev–Trinajstić information content (AvgIpc) is 3.45. The van der Waals surface area contributed by atoms with Crippen LogP contribution in [0, 0.1) is 11.7 Å². The van der Waals surface area contributed by atoms with Crippen LogP contribution >= 0.6 is 0 Å². The highest BCUT2D eigenvalue weighted by Crippen LogP contribution is 2.73. The first kappa shape index (κ1) is 20.4. The fourth-order valence-electron chi connectivity index (χ4n) is 5.77. The fraction of sp³-hybridized carbons (Fsp3) is 0.259. The SMILES string of the molecule is CC(C)[C@]1(c2ccc(F)cc2)C[C@]12C(=O)N(Cc1cccc(C(=O)O)c1)c1ccccc12. The minimum Gasteiger partial charge on any atom is -0.478 e.